The molecule has 1 aromatic heterocycles. The van der Waals surface area contributed by atoms with Crippen LogP contribution in [-0.4, -0.2) is 15.8 Å². The van der Waals surface area contributed by atoms with E-state index in [1.54, 1.807) is 12.1 Å². The van der Waals surface area contributed by atoms with Crippen molar-refractivity contribution in [2.24, 2.45) is 0 Å². The Morgan fingerprint density at radius 1 is 1.33 bits per heavy atom. The predicted molar refractivity (Wildman–Crippen MR) is 69.5 cm³/mol. The lowest BCUT2D eigenvalue weighted by atomic mass is 10.1. The fourth-order valence-electron chi connectivity index (χ4n) is 2.45. The monoisotopic (exact) mass is 245 g/mol. The molecule has 0 radical (unpaired) electrons. The molecule has 0 spiro atoms. The molecule has 0 bridgehead atoms. The summed E-state index contributed by atoms with van der Waals surface area (Å²) in [5, 5.41) is 7.87. The van der Waals surface area contributed by atoms with E-state index in [-0.39, 0.29) is 5.82 Å². The van der Waals surface area contributed by atoms with Crippen molar-refractivity contribution in [2.45, 2.75) is 32.2 Å². The van der Waals surface area contributed by atoms with Crippen molar-refractivity contribution in [3.63, 3.8) is 0 Å². The van der Waals surface area contributed by atoms with Crippen molar-refractivity contribution in [1.82, 2.24) is 9.78 Å². The Morgan fingerprint density at radius 2 is 2.11 bits per heavy atom. The summed E-state index contributed by atoms with van der Waals surface area (Å²) in [6.45, 7) is 2.18. The Balaban J connectivity index is 2.01. The highest BCUT2D eigenvalue weighted by Crippen LogP contribution is 2.26. The second-order valence-electron chi connectivity index (χ2n) is 4.83. The third-order valence-corrected chi connectivity index (χ3v) is 3.39. The van der Waals surface area contributed by atoms with E-state index in [1.807, 2.05) is 10.9 Å². The van der Waals surface area contributed by atoms with Gasteiger partial charge in [-0.05, 0) is 50.5 Å². The number of rotatable bonds is 1. The van der Waals surface area contributed by atoms with E-state index < -0.39 is 0 Å². The Morgan fingerprint density at radius 3 is 2.89 bits per heavy atom. The lowest BCUT2D eigenvalue weighted by Gasteiger charge is -2.09. The van der Waals surface area contributed by atoms with Crippen molar-refractivity contribution < 1.29 is 4.39 Å². The zero-order valence-corrected chi connectivity index (χ0v) is 10.4. The number of nitrogens with one attached hydrogen (secondary N) is 1. The summed E-state index contributed by atoms with van der Waals surface area (Å²) in [6.07, 6.45) is 5.18. The van der Waals surface area contributed by atoms with Gasteiger partial charge in [0.1, 0.15) is 5.82 Å². The first-order valence-electron chi connectivity index (χ1n) is 6.33. The van der Waals surface area contributed by atoms with Crippen LogP contribution < -0.4 is 5.32 Å². The van der Waals surface area contributed by atoms with Crippen LogP contribution in [0.5, 0.6) is 0 Å². The number of hydrogen-bond donors (Lipinski definition) is 1. The Kier molecular flexibility index (Phi) is 2.78. The normalized spacial score (nSPS) is 18.9. The highest BCUT2D eigenvalue weighted by Gasteiger charge is 2.17. The second-order valence-corrected chi connectivity index (χ2v) is 4.83. The molecule has 1 aromatic carbocycles. The fourth-order valence-corrected chi connectivity index (χ4v) is 2.45. The van der Waals surface area contributed by atoms with Crippen LogP contribution in [0.15, 0.2) is 30.5 Å². The summed E-state index contributed by atoms with van der Waals surface area (Å²) >= 11 is 0. The van der Waals surface area contributed by atoms with Crippen molar-refractivity contribution in [1.29, 1.82) is 0 Å². The number of halogens is 1. The molecule has 4 heteroatoms. The van der Waals surface area contributed by atoms with E-state index in [0.717, 1.165) is 30.6 Å². The average molecular weight is 245 g/mol. The average Bonchev–Trinajstić information content (AvgIpc) is 2.65. The molecule has 1 aliphatic rings. The molecular weight excluding hydrogens is 229 g/mol. The molecule has 1 N–H and O–H groups in total. The molecule has 3 rings (SSSR count). The lowest BCUT2D eigenvalue weighted by Crippen LogP contribution is -2.12. The zero-order chi connectivity index (χ0) is 12.5. The van der Waals surface area contributed by atoms with E-state index in [1.165, 1.54) is 17.8 Å². The van der Waals surface area contributed by atoms with Gasteiger partial charge in [-0.1, -0.05) is 0 Å². The molecule has 1 unspecified atom stereocenters. The van der Waals surface area contributed by atoms with E-state index >= 15 is 0 Å². The molecule has 0 amide bonds. The Bertz CT molecular complexity index is 545. The molecule has 0 saturated carbocycles. The van der Waals surface area contributed by atoms with E-state index in [0.29, 0.717) is 6.04 Å². The van der Waals surface area contributed by atoms with Gasteiger partial charge in [0.15, 0.2) is 0 Å². The van der Waals surface area contributed by atoms with Crippen molar-refractivity contribution >= 4 is 5.69 Å². The second kappa shape index (κ2) is 4.44. The van der Waals surface area contributed by atoms with Crippen molar-refractivity contribution in [3.8, 4) is 5.69 Å². The maximum atomic E-state index is 12.9. The summed E-state index contributed by atoms with van der Waals surface area (Å²) in [4.78, 5) is 0. The number of fused-ring (bicyclic) bond motifs is 1. The van der Waals surface area contributed by atoms with E-state index in [4.69, 9.17) is 0 Å². The van der Waals surface area contributed by atoms with Gasteiger partial charge in [0.05, 0.1) is 23.3 Å². The van der Waals surface area contributed by atoms with Crippen LogP contribution in [0.3, 0.4) is 0 Å². The fraction of sp³-hybridized carbons (Fsp3) is 0.357. The SMILES string of the molecule is CC1CCCc2c(cnn2-c2ccc(F)cc2)N1. The van der Waals surface area contributed by atoms with Crippen molar-refractivity contribution in [3.05, 3.63) is 42.0 Å². The van der Waals surface area contributed by atoms with Gasteiger partial charge >= 0.3 is 0 Å². The number of aromatic nitrogens is 2. The van der Waals surface area contributed by atoms with Gasteiger partial charge in [-0.3, -0.25) is 0 Å². The maximum absolute atomic E-state index is 12.9. The van der Waals surface area contributed by atoms with Gasteiger partial charge in [0.25, 0.3) is 0 Å². The largest absolute Gasteiger partial charge is 0.380 e. The quantitative estimate of drug-likeness (QED) is 0.836. The van der Waals surface area contributed by atoms with Gasteiger partial charge < -0.3 is 5.32 Å². The summed E-state index contributed by atoms with van der Waals surface area (Å²) < 4.78 is 14.8. The summed E-state index contributed by atoms with van der Waals surface area (Å²) in [6, 6.07) is 6.94. The summed E-state index contributed by atoms with van der Waals surface area (Å²) in [5.74, 6) is -0.219. The van der Waals surface area contributed by atoms with Crippen LogP contribution in [0.1, 0.15) is 25.5 Å². The van der Waals surface area contributed by atoms with Crippen LogP contribution in [0, 0.1) is 5.82 Å². The minimum Gasteiger partial charge on any atom is -0.380 e. The molecule has 94 valence electrons. The first-order chi connectivity index (χ1) is 8.74. The van der Waals surface area contributed by atoms with Gasteiger partial charge in [-0.2, -0.15) is 5.10 Å². The first-order valence-corrected chi connectivity index (χ1v) is 6.33. The predicted octanol–water partition coefficient (Wildman–Crippen LogP) is 3.15. The number of hydrogen-bond acceptors (Lipinski definition) is 2. The first kappa shape index (κ1) is 11.3. The van der Waals surface area contributed by atoms with Crippen molar-refractivity contribution in [2.75, 3.05) is 5.32 Å². The molecule has 18 heavy (non-hydrogen) atoms. The third-order valence-electron chi connectivity index (χ3n) is 3.39. The minimum atomic E-state index is -0.219. The molecule has 1 atom stereocenters. The van der Waals surface area contributed by atoms with Gasteiger partial charge in [-0.15, -0.1) is 0 Å². The molecule has 3 nitrogen and oxygen atoms in total. The van der Waals surface area contributed by atoms with Crippen LogP contribution >= 0.6 is 0 Å². The molecule has 2 aromatic rings. The number of benzene rings is 1. The molecular formula is C14H16FN3. The van der Waals surface area contributed by atoms with Crippen LogP contribution in [0.2, 0.25) is 0 Å². The topological polar surface area (TPSA) is 29.9 Å². The maximum Gasteiger partial charge on any atom is 0.123 e. The summed E-state index contributed by atoms with van der Waals surface area (Å²) in [5.41, 5.74) is 3.20. The standard InChI is InChI=1S/C14H16FN3/c1-10-3-2-4-14-13(17-10)9-16-18(14)12-7-5-11(15)6-8-12/h5-10,17H,2-4H2,1H3. The lowest BCUT2D eigenvalue weighted by molar-refractivity contribution is 0.626. The smallest absolute Gasteiger partial charge is 0.123 e. The van der Waals surface area contributed by atoms with Gasteiger partial charge in [0.2, 0.25) is 0 Å². The highest BCUT2D eigenvalue weighted by molar-refractivity contribution is 5.51. The number of anilines is 1. The van der Waals surface area contributed by atoms with E-state index in [9.17, 15) is 4.39 Å². The van der Waals surface area contributed by atoms with Crippen LogP contribution in [-0.2, 0) is 6.42 Å². The molecule has 1 aliphatic heterocycles. The highest BCUT2D eigenvalue weighted by atomic mass is 19.1. The van der Waals surface area contributed by atoms with Crippen LogP contribution in [0.4, 0.5) is 10.1 Å². The van der Waals surface area contributed by atoms with Gasteiger partial charge in [-0.25, -0.2) is 9.07 Å². The molecule has 2 heterocycles. The third kappa shape index (κ3) is 1.98. The minimum absolute atomic E-state index is 0.219. The van der Waals surface area contributed by atoms with Gasteiger partial charge in [0, 0.05) is 6.04 Å². The zero-order valence-electron chi connectivity index (χ0n) is 10.4. The number of nitrogens with zero attached hydrogens (tertiary/aromatic N) is 2. The molecule has 0 saturated heterocycles. The molecule has 0 fully saturated rings. The Hall–Kier alpha value is -1.84. The summed E-state index contributed by atoms with van der Waals surface area (Å²) in [7, 11) is 0. The molecule has 0 aliphatic carbocycles. The van der Waals surface area contributed by atoms with E-state index in [2.05, 4.69) is 17.3 Å². The van der Waals surface area contributed by atoms with Crippen LogP contribution in [0.25, 0.3) is 5.69 Å². The Labute approximate surface area is 106 Å².